The van der Waals surface area contributed by atoms with Crippen molar-refractivity contribution in [1.82, 2.24) is 0 Å². The van der Waals surface area contributed by atoms with Crippen LogP contribution in [-0.2, 0) is 6.54 Å². The van der Waals surface area contributed by atoms with Gasteiger partial charge < -0.3 is 29.0 Å². The van der Waals surface area contributed by atoms with Crippen LogP contribution in [0.25, 0.3) is 6.08 Å². The molecule has 1 N–H and O–H groups in total. The zero-order valence-electron chi connectivity index (χ0n) is 15.6. The largest absolute Gasteiger partial charge is 0.493 e. The number of carbonyl (C=O) groups is 1. The summed E-state index contributed by atoms with van der Waals surface area (Å²) in [6.07, 6.45) is 3.74. The van der Waals surface area contributed by atoms with Gasteiger partial charge in [0, 0.05) is 24.9 Å². The van der Waals surface area contributed by atoms with Crippen molar-refractivity contribution in [3.05, 3.63) is 47.2 Å². The summed E-state index contributed by atoms with van der Waals surface area (Å²) in [5, 5.41) is 9.64. The van der Waals surface area contributed by atoms with Gasteiger partial charge in [-0.15, -0.1) is 0 Å². The minimum absolute atomic E-state index is 0.126. The number of nitrogens with zero attached hydrogens (tertiary/aromatic N) is 1. The molecule has 0 amide bonds. The average molecular weight is 371 g/mol. The van der Waals surface area contributed by atoms with E-state index in [1.54, 1.807) is 20.3 Å². The molecule has 0 unspecified atom stereocenters. The molecule has 0 saturated carbocycles. The number of anilines is 1. The third-order valence-corrected chi connectivity index (χ3v) is 4.46. The van der Waals surface area contributed by atoms with Crippen molar-refractivity contribution in [1.29, 1.82) is 0 Å². The molecule has 0 saturated heterocycles. The Morgan fingerprint density at radius 1 is 0.889 bits per heavy atom. The second kappa shape index (κ2) is 7.49. The molecule has 1 aliphatic rings. The van der Waals surface area contributed by atoms with Crippen LogP contribution in [0.4, 0.5) is 5.69 Å². The van der Waals surface area contributed by atoms with Gasteiger partial charge in [0.2, 0.25) is 0 Å². The molecule has 27 heavy (non-hydrogen) atoms. The number of carboxylic acid groups (broad SMARTS) is 1. The van der Waals surface area contributed by atoms with Crippen molar-refractivity contribution < 1.29 is 28.8 Å². The lowest BCUT2D eigenvalue weighted by Gasteiger charge is -2.28. The van der Waals surface area contributed by atoms with Crippen molar-refractivity contribution in [3.8, 4) is 23.0 Å². The Hall–Kier alpha value is -3.35. The van der Waals surface area contributed by atoms with E-state index >= 15 is 0 Å². The SMILES string of the molecule is COc1cc2c(cc1OC)CN(c1cc(OC)c(OC)cc1C(=O)O)C=C2. The van der Waals surface area contributed by atoms with Gasteiger partial charge in [-0.25, -0.2) is 4.79 Å². The monoisotopic (exact) mass is 371 g/mol. The highest BCUT2D eigenvalue weighted by Gasteiger charge is 2.23. The predicted molar refractivity (Wildman–Crippen MR) is 101 cm³/mol. The van der Waals surface area contributed by atoms with Crippen molar-refractivity contribution in [2.75, 3.05) is 33.3 Å². The molecule has 7 nitrogen and oxygen atoms in total. The molecule has 0 atom stereocenters. The molecular formula is C20H21NO6. The van der Waals surface area contributed by atoms with Gasteiger partial charge in [0.15, 0.2) is 23.0 Å². The first kappa shape index (κ1) is 18.4. The fourth-order valence-electron chi connectivity index (χ4n) is 3.08. The van der Waals surface area contributed by atoms with E-state index in [0.29, 0.717) is 35.2 Å². The number of rotatable bonds is 6. The first-order valence-corrected chi connectivity index (χ1v) is 8.21. The van der Waals surface area contributed by atoms with Crippen molar-refractivity contribution in [2.45, 2.75) is 6.54 Å². The van der Waals surface area contributed by atoms with Gasteiger partial charge in [-0.1, -0.05) is 0 Å². The van der Waals surface area contributed by atoms with Gasteiger partial charge in [0.1, 0.15) is 0 Å². The highest BCUT2D eigenvalue weighted by Crippen LogP contribution is 2.39. The average Bonchev–Trinajstić information content (AvgIpc) is 2.70. The molecule has 1 aliphatic heterocycles. The maximum atomic E-state index is 11.8. The third kappa shape index (κ3) is 3.36. The van der Waals surface area contributed by atoms with Crippen LogP contribution in [0.1, 0.15) is 21.5 Å². The zero-order chi connectivity index (χ0) is 19.6. The molecule has 0 bridgehead atoms. The van der Waals surface area contributed by atoms with E-state index in [9.17, 15) is 9.90 Å². The summed E-state index contributed by atoms with van der Waals surface area (Å²) in [6, 6.07) is 6.92. The van der Waals surface area contributed by atoms with E-state index in [0.717, 1.165) is 11.1 Å². The highest BCUT2D eigenvalue weighted by atomic mass is 16.5. The molecule has 0 aliphatic carbocycles. The van der Waals surface area contributed by atoms with E-state index < -0.39 is 5.97 Å². The van der Waals surface area contributed by atoms with Crippen LogP contribution in [0, 0.1) is 0 Å². The molecule has 2 aromatic rings. The van der Waals surface area contributed by atoms with Crippen molar-refractivity contribution >= 4 is 17.7 Å². The minimum Gasteiger partial charge on any atom is -0.493 e. The number of fused-ring (bicyclic) bond motifs is 1. The Bertz CT molecular complexity index is 906. The van der Waals surface area contributed by atoms with Gasteiger partial charge in [-0.2, -0.15) is 0 Å². The maximum absolute atomic E-state index is 11.8. The molecule has 2 aromatic carbocycles. The zero-order valence-corrected chi connectivity index (χ0v) is 15.6. The number of hydrogen-bond donors (Lipinski definition) is 1. The summed E-state index contributed by atoms with van der Waals surface area (Å²) in [4.78, 5) is 13.6. The van der Waals surface area contributed by atoms with Crippen LogP contribution in [-0.4, -0.2) is 39.5 Å². The molecule has 3 rings (SSSR count). The highest BCUT2D eigenvalue weighted by molar-refractivity contribution is 5.96. The topological polar surface area (TPSA) is 77.5 Å². The van der Waals surface area contributed by atoms with Crippen LogP contribution in [0.3, 0.4) is 0 Å². The summed E-state index contributed by atoms with van der Waals surface area (Å²) in [7, 11) is 6.16. The Morgan fingerprint density at radius 2 is 1.44 bits per heavy atom. The number of hydrogen-bond acceptors (Lipinski definition) is 6. The van der Waals surface area contributed by atoms with Crippen LogP contribution >= 0.6 is 0 Å². The van der Waals surface area contributed by atoms with Gasteiger partial charge in [-0.3, -0.25) is 0 Å². The fourth-order valence-corrected chi connectivity index (χ4v) is 3.08. The van der Waals surface area contributed by atoms with E-state index in [4.69, 9.17) is 18.9 Å². The molecule has 0 spiro atoms. The summed E-state index contributed by atoms with van der Waals surface area (Å²) in [5.74, 6) is 1.05. The normalized spacial score (nSPS) is 12.4. The second-order valence-electron chi connectivity index (χ2n) is 5.88. The molecular weight excluding hydrogens is 350 g/mol. The minimum atomic E-state index is -1.04. The Labute approximate surface area is 157 Å². The summed E-state index contributed by atoms with van der Waals surface area (Å²) < 4.78 is 21.3. The first-order chi connectivity index (χ1) is 13.0. The van der Waals surface area contributed by atoms with Crippen LogP contribution in [0.15, 0.2) is 30.5 Å². The van der Waals surface area contributed by atoms with Gasteiger partial charge >= 0.3 is 5.97 Å². The van der Waals surface area contributed by atoms with Crippen LogP contribution in [0.2, 0.25) is 0 Å². The maximum Gasteiger partial charge on any atom is 0.337 e. The lowest BCUT2D eigenvalue weighted by molar-refractivity contribution is 0.0697. The number of carboxylic acids is 1. The fraction of sp³-hybridized carbons (Fsp3) is 0.250. The Balaban J connectivity index is 2.06. The van der Waals surface area contributed by atoms with E-state index in [-0.39, 0.29) is 5.56 Å². The number of methoxy groups -OCH3 is 4. The second-order valence-corrected chi connectivity index (χ2v) is 5.88. The van der Waals surface area contributed by atoms with Crippen LogP contribution in [0.5, 0.6) is 23.0 Å². The van der Waals surface area contributed by atoms with Gasteiger partial charge in [0.05, 0.1) is 39.7 Å². The molecule has 142 valence electrons. The van der Waals surface area contributed by atoms with Gasteiger partial charge in [0.25, 0.3) is 0 Å². The van der Waals surface area contributed by atoms with Crippen molar-refractivity contribution in [2.24, 2.45) is 0 Å². The lowest BCUT2D eigenvalue weighted by Crippen LogP contribution is -2.21. The summed E-state index contributed by atoms with van der Waals surface area (Å²) >= 11 is 0. The molecule has 0 radical (unpaired) electrons. The molecule has 1 heterocycles. The number of ether oxygens (including phenoxy) is 4. The smallest absolute Gasteiger partial charge is 0.337 e. The van der Waals surface area contributed by atoms with Crippen molar-refractivity contribution in [3.63, 3.8) is 0 Å². The Kier molecular flexibility index (Phi) is 5.12. The van der Waals surface area contributed by atoms with E-state index in [1.807, 2.05) is 29.3 Å². The first-order valence-electron chi connectivity index (χ1n) is 8.21. The quantitative estimate of drug-likeness (QED) is 0.834. The predicted octanol–water partition coefficient (Wildman–Crippen LogP) is 3.41. The third-order valence-electron chi connectivity index (χ3n) is 4.46. The molecule has 0 fully saturated rings. The summed E-state index contributed by atoms with van der Waals surface area (Å²) in [5.41, 5.74) is 2.61. The molecule has 0 aromatic heterocycles. The van der Waals surface area contributed by atoms with E-state index in [2.05, 4.69) is 0 Å². The summed E-state index contributed by atoms with van der Waals surface area (Å²) in [6.45, 7) is 0.474. The number of benzene rings is 2. The number of aromatic carboxylic acids is 1. The van der Waals surface area contributed by atoms with E-state index in [1.165, 1.54) is 20.3 Å². The van der Waals surface area contributed by atoms with Gasteiger partial charge in [-0.05, 0) is 29.3 Å². The standard InChI is InChI=1S/C20H21NO6/c1-24-16-7-12-5-6-21(11-13(12)8-17(16)25-2)15-10-19(27-4)18(26-3)9-14(15)20(22)23/h5-10H,11H2,1-4H3,(H,22,23). The molecule has 7 heteroatoms. The Morgan fingerprint density at radius 3 is 2.04 bits per heavy atom. The van der Waals surface area contributed by atoms with Crippen LogP contribution < -0.4 is 23.8 Å². The lowest BCUT2D eigenvalue weighted by atomic mass is 10.0.